The molecule has 0 N–H and O–H groups in total. The number of carbonyl (C=O) groups is 2. The third-order valence-corrected chi connectivity index (χ3v) is 5.23. The fourth-order valence-corrected chi connectivity index (χ4v) is 3.55. The van der Waals surface area contributed by atoms with E-state index in [2.05, 4.69) is 5.10 Å². The first-order valence-electron chi connectivity index (χ1n) is 10.1. The average Bonchev–Trinajstić information content (AvgIpc) is 3.19. The van der Waals surface area contributed by atoms with Crippen LogP contribution in [0.4, 0.5) is 0 Å². The SMILES string of the molecule is COc1ccc(/C=N\N2C(=O)CN(C(=O)c3ccccc3)[C@@H]2c2ccc(OC)cc2)cc1. The van der Waals surface area contributed by atoms with Crippen molar-refractivity contribution in [3.05, 3.63) is 95.6 Å². The van der Waals surface area contributed by atoms with Crippen LogP contribution < -0.4 is 9.47 Å². The highest BCUT2D eigenvalue weighted by Gasteiger charge is 2.42. The molecule has 162 valence electrons. The summed E-state index contributed by atoms with van der Waals surface area (Å²) in [5.41, 5.74) is 2.08. The van der Waals surface area contributed by atoms with Crippen LogP contribution >= 0.6 is 0 Å². The third-order valence-electron chi connectivity index (χ3n) is 5.23. The van der Waals surface area contributed by atoms with Gasteiger partial charge in [0.15, 0.2) is 6.17 Å². The molecule has 7 heteroatoms. The minimum absolute atomic E-state index is 0.0651. The van der Waals surface area contributed by atoms with E-state index in [4.69, 9.17) is 9.47 Å². The number of hydrazone groups is 1. The van der Waals surface area contributed by atoms with Crippen molar-refractivity contribution < 1.29 is 19.1 Å². The smallest absolute Gasteiger partial charge is 0.264 e. The molecule has 0 aliphatic carbocycles. The molecule has 0 saturated carbocycles. The Morgan fingerprint density at radius 2 is 1.50 bits per heavy atom. The molecule has 2 amide bonds. The number of methoxy groups -OCH3 is 2. The second-order valence-corrected chi connectivity index (χ2v) is 7.20. The van der Waals surface area contributed by atoms with Crippen LogP contribution in [0.5, 0.6) is 11.5 Å². The van der Waals surface area contributed by atoms with E-state index in [1.54, 1.807) is 56.8 Å². The van der Waals surface area contributed by atoms with Crippen LogP contribution in [0, 0.1) is 0 Å². The molecule has 0 unspecified atom stereocenters. The van der Waals surface area contributed by atoms with Crippen LogP contribution in [0.1, 0.15) is 27.7 Å². The Morgan fingerprint density at radius 3 is 2.09 bits per heavy atom. The highest BCUT2D eigenvalue weighted by Crippen LogP contribution is 2.33. The third kappa shape index (κ3) is 4.32. The number of amides is 2. The van der Waals surface area contributed by atoms with Gasteiger partial charge in [-0.3, -0.25) is 9.59 Å². The van der Waals surface area contributed by atoms with E-state index in [9.17, 15) is 9.59 Å². The second-order valence-electron chi connectivity index (χ2n) is 7.20. The van der Waals surface area contributed by atoms with Gasteiger partial charge in [0.05, 0.1) is 20.4 Å². The molecule has 0 spiro atoms. The molecule has 1 saturated heterocycles. The molecule has 0 aromatic heterocycles. The summed E-state index contributed by atoms with van der Waals surface area (Å²) in [5.74, 6) is 0.921. The topological polar surface area (TPSA) is 71.4 Å². The van der Waals surface area contributed by atoms with E-state index in [1.165, 1.54) is 9.91 Å². The number of carbonyl (C=O) groups excluding carboxylic acids is 2. The summed E-state index contributed by atoms with van der Waals surface area (Å²) in [7, 11) is 3.19. The maximum atomic E-state index is 13.2. The predicted octanol–water partition coefficient (Wildman–Crippen LogP) is 3.72. The molecule has 1 fully saturated rings. The zero-order valence-electron chi connectivity index (χ0n) is 17.8. The lowest BCUT2D eigenvalue weighted by Crippen LogP contribution is -2.33. The lowest BCUT2D eigenvalue weighted by atomic mass is 10.1. The van der Waals surface area contributed by atoms with E-state index >= 15 is 0 Å². The maximum Gasteiger partial charge on any atom is 0.264 e. The first-order chi connectivity index (χ1) is 15.6. The van der Waals surface area contributed by atoms with Crippen molar-refractivity contribution in [2.45, 2.75) is 6.17 Å². The average molecular weight is 429 g/mol. The molecule has 0 radical (unpaired) electrons. The molecule has 1 aliphatic heterocycles. The molecule has 4 rings (SSSR count). The van der Waals surface area contributed by atoms with Crippen LogP contribution in [0.3, 0.4) is 0 Å². The van der Waals surface area contributed by atoms with E-state index in [0.717, 1.165) is 16.9 Å². The molecule has 0 bridgehead atoms. The Morgan fingerprint density at radius 1 is 0.906 bits per heavy atom. The zero-order valence-corrected chi connectivity index (χ0v) is 17.8. The van der Waals surface area contributed by atoms with Gasteiger partial charge in [-0.2, -0.15) is 5.10 Å². The predicted molar refractivity (Wildman–Crippen MR) is 121 cm³/mol. The van der Waals surface area contributed by atoms with E-state index in [0.29, 0.717) is 11.3 Å². The summed E-state index contributed by atoms with van der Waals surface area (Å²) in [5, 5.41) is 5.80. The number of nitrogens with zero attached hydrogens (tertiary/aromatic N) is 3. The lowest BCUT2D eigenvalue weighted by molar-refractivity contribution is -0.128. The lowest BCUT2D eigenvalue weighted by Gasteiger charge is -2.27. The minimum atomic E-state index is -0.671. The summed E-state index contributed by atoms with van der Waals surface area (Å²) in [6.07, 6.45) is 0.931. The number of hydrogen-bond acceptors (Lipinski definition) is 5. The van der Waals surface area contributed by atoms with Crippen molar-refractivity contribution in [2.24, 2.45) is 5.10 Å². The Balaban J connectivity index is 1.68. The van der Waals surface area contributed by atoms with Gasteiger partial charge in [0.25, 0.3) is 11.8 Å². The maximum absolute atomic E-state index is 13.2. The standard InChI is InChI=1S/C25H23N3O4/c1-31-21-12-8-18(9-13-21)16-26-28-23(29)17-27(25(30)20-6-4-3-5-7-20)24(28)19-10-14-22(32-2)15-11-19/h3-16,24H,17H2,1-2H3/b26-16-/t24-/m0/s1. The van der Waals surface area contributed by atoms with Gasteiger partial charge in [0.1, 0.15) is 18.0 Å². The van der Waals surface area contributed by atoms with Crippen LogP contribution in [0.15, 0.2) is 84.0 Å². The van der Waals surface area contributed by atoms with Crippen LogP contribution in [0.25, 0.3) is 0 Å². The van der Waals surface area contributed by atoms with Gasteiger partial charge in [-0.25, -0.2) is 5.01 Å². The molecule has 3 aromatic rings. The molecule has 1 atom stereocenters. The number of benzene rings is 3. The summed E-state index contributed by atoms with van der Waals surface area (Å²) >= 11 is 0. The normalized spacial score (nSPS) is 15.9. The van der Waals surface area contributed by atoms with E-state index < -0.39 is 6.17 Å². The second kappa shape index (κ2) is 9.34. The van der Waals surface area contributed by atoms with E-state index in [-0.39, 0.29) is 18.4 Å². The van der Waals surface area contributed by atoms with E-state index in [1.807, 2.05) is 42.5 Å². The largest absolute Gasteiger partial charge is 0.497 e. The van der Waals surface area contributed by atoms with Crippen LogP contribution in [0.2, 0.25) is 0 Å². The monoisotopic (exact) mass is 429 g/mol. The van der Waals surface area contributed by atoms with Crippen LogP contribution in [-0.2, 0) is 4.79 Å². The molecule has 1 heterocycles. The number of rotatable bonds is 6. The first-order valence-corrected chi connectivity index (χ1v) is 10.1. The summed E-state index contributed by atoms with van der Waals surface area (Å²) < 4.78 is 10.4. The minimum Gasteiger partial charge on any atom is -0.497 e. The van der Waals surface area contributed by atoms with Crippen molar-refractivity contribution >= 4 is 18.0 Å². The molecular formula is C25H23N3O4. The fourth-order valence-electron chi connectivity index (χ4n) is 3.55. The fraction of sp³-hybridized carbons (Fsp3) is 0.160. The Labute approximate surface area is 186 Å². The summed E-state index contributed by atoms with van der Waals surface area (Å²) in [6, 6.07) is 23.5. The van der Waals surface area contributed by atoms with Crippen molar-refractivity contribution in [2.75, 3.05) is 20.8 Å². The molecular weight excluding hydrogens is 406 g/mol. The van der Waals surface area contributed by atoms with Crippen molar-refractivity contribution in [3.8, 4) is 11.5 Å². The molecule has 7 nitrogen and oxygen atoms in total. The zero-order chi connectivity index (χ0) is 22.5. The Bertz CT molecular complexity index is 1110. The molecule has 3 aromatic carbocycles. The van der Waals surface area contributed by atoms with Gasteiger partial charge in [0, 0.05) is 5.56 Å². The highest BCUT2D eigenvalue weighted by atomic mass is 16.5. The number of ether oxygens (including phenoxy) is 2. The van der Waals surface area contributed by atoms with Crippen LogP contribution in [-0.4, -0.2) is 48.7 Å². The quantitative estimate of drug-likeness (QED) is 0.560. The summed E-state index contributed by atoms with van der Waals surface area (Å²) in [6.45, 7) is -0.0651. The first kappa shape index (κ1) is 21.1. The Kier molecular flexibility index (Phi) is 6.17. The van der Waals surface area contributed by atoms with Gasteiger partial charge in [-0.05, 0) is 59.7 Å². The van der Waals surface area contributed by atoms with Gasteiger partial charge in [-0.15, -0.1) is 0 Å². The summed E-state index contributed by atoms with van der Waals surface area (Å²) in [4.78, 5) is 27.7. The van der Waals surface area contributed by atoms with Crippen molar-refractivity contribution in [1.29, 1.82) is 0 Å². The van der Waals surface area contributed by atoms with Crippen molar-refractivity contribution in [3.63, 3.8) is 0 Å². The van der Waals surface area contributed by atoms with Gasteiger partial charge < -0.3 is 14.4 Å². The van der Waals surface area contributed by atoms with Gasteiger partial charge >= 0.3 is 0 Å². The van der Waals surface area contributed by atoms with Crippen molar-refractivity contribution in [1.82, 2.24) is 9.91 Å². The Hall–Kier alpha value is -4.13. The van der Waals surface area contributed by atoms with Gasteiger partial charge in [-0.1, -0.05) is 30.3 Å². The van der Waals surface area contributed by atoms with Gasteiger partial charge in [0.2, 0.25) is 0 Å². The number of hydrogen-bond donors (Lipinski definition) is 0. The molecule has 32 heavy (non-hydrogen) atoms. The molecule has 1 aliphatic rings. The highest BCUT2D eigenvalue weighted by molar-refractivity contribution is 5.98.